The summed E-state index contributed by atoms with van der Waals surface area (Å²) in [5.41, 5.74) is 0. The molecule has 0 heterocycles. The van der Waals surface area contributed by atoms with E-state index < -0.39 is 5.97 Å². The highest BCUT2D eigenvalue weighted by molar-refractivity contribution is 5.66. The number of rotatable bonds is 16. The van der Waals surface area contributed by atoms with Crippen LogP contribution in [-0.4, -0.2) is 11.1 Å². The number of unbranched alkanes of at least 4 members (excludes halogenated alkanes) is 8. The van der Waals surface area contributed by atoms with Gasteiger partial charge in [0.25, 0.3) is 0 Å². The number of carboxylic acids is 1. The smallest absolute Gasteiger partial charge is 0.303 e. The average molecular weight is 325 g/mol. The molecule has 1 aliphatic carbocycles. The van der Waals surface area contributed by atoms with Gasteiger partial charge in [0.2, 0.25) is 0 Å². The molecule has 0 aromatic rings. The molecule has 2 nitrogen and oxygen atoms in total. The Labute approximate surface area is 144 Å². The Kier molecular flexibility index (Phi) is 11.5. The minimum Gasteiger partial charge on any atom is -0.481 e. The number of hydrogen-bond donors (Lipinski definition) is 1. The molecule has 0 bridgehead atoms. The van der Waals surface area contributed by atoms with Crippen molar-refractivity contribution >= 4 is 5.97 Å². The SMILES string of the molecule is CCC(C)CCCCCCCCCCC[C@H]1C[C@@H]1CCC(=O)O. The lowest BCUT2D eigenvalue weighted by molar-refractivity contribution is -0.137. The normalized spacial score (nSPS) is 21.3. The van der Waals surface area contributed by atoms with Gasteiger partial charge in [-0.1, -0.05) is 90.9 Å². The minimum absolute atomic E-state index is 0.374. The summed E-state index contributed by atoms with van der Waals surface area (Å²) in [7, 11) is 0. The van der Waals surface area contributed by atoms with Gasteiger partial charge in [0.05, 0.1) is 0 Å². The van der Waals surface area contributed by atoms with Gasteiger partial charge in [0.1, 0.15) is 0 Å². The van der Waals surface area contributed by atoms with E-state index in [1.807, 2.05) is 0 Å². The zero-order chi connectivity index (χ0) is 16.9. The van der Waals surface area contributed by atoms with Crippen LogP contribution in [0.4, 0.5) is 0 Å². The standard InChI is InChI=1S/C21H40O2/c1-3-18(2)13-11-9-7-5-4-6-8-10-12-14-19-17-20(19)15-16-21(22)23/h18-20H,3-17H2,1-2H3,(H,22,23)/t18?,19-,20-/m0/s1. The van der Waals surface area contributed by atoms with Gasteiger partial charge in [-0.2, -0.15) is 0 Å². The third kappa shape index (κ3) is 11.6. The number of carboxylic acid groups (broad SMARTS) is 1. The predicted molar refractivity (Wildman–Crippen MR) is 98.7 cm³/mol. The van der Waals surface area contributed by atoms with Crippen molar-refractivity contribution in [1.82, 2.24) is 0 Å². The van der Waals surface area contributed by atoms with Crippen LogP contribution < -0.4 is 0 Å². The van der Waals surface area contributed by atoms with Crippen LogP contribution in [0, 0.1) is 17.8 Å². The second kappa shape index (κ2) is 12.8. The summed E-state index contributed by atoms with van der Waals surface area (Å²) in [5.74, 6) is 1.89. The quantitative estimate of drug-likeness (QED) is 0.316. The van der Waals surface area contributed by atoms with Crippen molar-refractivity contribution in [2.75, 3.05) is 0 Å². The lowest BCUT2D eigenvalue weighted by Gasteiger charge is -2.07. The summed E-state index contributed by atoms with van der Waals surface area (Å²) in [6, 6.07) is 0. The van der Waals surface area contributed by atoms with Crippen molar-refractivity contribution in [2.24, 2.45) is 17.8 Å². The Hall–Kier alpha value is -0.530. The summed E-state index contributed by atoms with van der Waals surface area (Å²) in [5, 5.41) is 8.68. The first-order valence-electron chi connectivity index (χ1n) is 10.3. The molecule has 0 aromatic carbocycles. The van der Waals surface area contributed by atoms with Crippen molar-refractivity contribution < 1.29 is 9.90 Å². The van der Waals surface area contributed by atoms with Crippen molar-refractivity contribution in [2.45, 2.75) is 110 Å². The zero-order valence-electron chi connectivity index (χ0n) is 15.7. The molecule has 0 aliphatic heterocycles. The molecule has 0 saturated heterocycles. The average Bonchev–Trinajstić information content (AvgIpc) is 3.28. The molecule has 1 aliphatic rings. The van der Waals surface area contributed by atoms with Crippen LogP contribution in [0.1, 0.15) is 110 Å². The lowest BCUT2D eigenvalue weighted by Crippen LogP contribution is -1.95. The van der Waals surface area contributed by atoms with Crippen molar-refractivity contribution in [3.8, 4) is 0 Å². The van der Waals surface area contributed by atoms with Crippen LogP contribution in [0.2, 0.25) is 0 Å². The molecule has 3 atom stereocenters. The van der Waals surface area contributed by atoms with E-state index in [4.69, 9.17) is 5.11 Å². The molecule has 1 unspecified atom stereocenters. The fourth-order valence-corrected chi connectivity index (χ4v) is 3.67. The number of hydrogen-bond acceptors (Lipinski definition) is 1. The van der Waals surface area contributed by atoms with Crippen molar-refractivity contribution in [3.05, 3.63) is 0 Å². The second-order valence-corrected chi connectivity index (χ2v) is 7.96. The van der Waals surface area contributed by atoms with Crippen molar-refractivity contribution in [3.63, 3.8) is 0 Å². The van der Waals surface area contributed by atoms with E-state index in [1.165, 1.54) is 83.5 Å². The maximum absolute atomic E-state index is 10.5. The van der Waals surface area contributed by atoms with Gasteiger partial charge in [-0.15, -0.1) is 0 Å². The summed E-state index contributed by atoms with van der Waals surface area (Å²) < 4.78 is 0. The first-order valence-corrected chi connectivity index (χ1v) is 10.3. The van der Waals surface area contributed by atoms with E-state index in [1.54, 1.807) is 0 Å². The Bertz CT molecular complexity index is 300. The first kappa shape index (κ1) is 20.5. The van der Waals surface area contributed by atoms with E-state index in [9.17, 15) is 4.79 Å². The van der Waals surface area contributed by atoms with Crippen LogP contribution in [0.5, 0.6) is 0 Å². The number of aliphatic carboxylic acids is 1. The highest BCUT2D eigenvalue weighted by Crippen LogP contribution is 2.45. The highest BCUT2D eigenvalue weighted by atomic mass is 16.4. The second-order valence-electron chi connectivity index (χ2n) is 7.96. The molecule has 1 saturated carbocycles. The molecule has 23 heavy (non-hydrogen) atoms. The van der Waals surface area contributed by atoms with Gasteiger partial charge in [0, 0.05) is 6.42 Å². The molecular formula is C21H40O2. The van der Waals surface area contributed by atoms with Crippen LogP contribution in [0.25, 0.3) is 0 Å². The summed E-state index contributed by atoms with van der Waals surface area (Å²) in [4.78, 5) is 10.5. The van der Waals surface area contributed by atoms with Gasteiger partial charge in [-0.3, -0.25) is 4.79 Å². The zero-order valence-corrected chi connectivity index (χ0v) is 15.7. The maximum atomic E-state index is 10.5. The van der Waals surface area contributed by atoms with E-state index in [0.29, 0.717) is 6.42 Å². The molecule has 0 spiro atoms. The van der Waals surface area contributed by atoms with Gasteiger partial charge in [-0.05, 0) is 30.6 Å². The molecule has 0 amide bonds. The molecule has 0 radical (unpaired) electrons. The fourth-order valence-electron chi connectivity index (χ4n) is 3.67. The largest absolute Gasteiger partial charge is 0.481 e. The van der Waals surface area contributed by atoms with Crippen LogP contribution in [0.3, 0.4) is 0 Å². The summed E-state index contributed by atoms with van der Waals surface area (Å²) in [6.07, 6.45) is 19.4. The lowest BCUT2D eigenvalue weighted by atomic mass is 9.99. The predicted octanol–water partition coefficient (Wildman–Crippen LogP) is 6.82. The summed E-state index contributed by atoms with van der Waals surface area (Å²) >= 11 is 0. The van der Waals surface area contributed by atoms with E-state index >= 15 is 0 Å². The van der Waals surface area contributed by atoms with Gasteiger partial charge in [0.15, 0.2) is 0 Å². The molecule has 1 rings (SSSR count). The third-order valence-corrected chi connectivity index (χ3v) is 5.77. The molecule has 1 fully saturated rings. The topological polar surface area (TPSA) is 37.3 Å². The molecule has 2 heteroatoms. The Morgan fingerprint density at radius 1 is 0.913 bits per heavy atom. The minimum atomic E-state index is -0.629. The maximum Gasteiger partial charge on any atom is 0.303 e. The Morgan fingerprint density at radius 3 is 2.00 bits per heavy atom. The van der Waals surface area contributed by atoms with E-state index in [2.05, 4.69) is 13.8 Å². The summed E-state index contributed by atoms with van der Waals surface area (Å²) in [6.45, 7) is 4.67. The first-order chi connectivity index (χ1) is 11.1. The van der Waals surface area contributed by atoms with Crippen LogP contribution in [0.15, 0.2) is 0 Å². The van der Waals surface area contributed by atoms with Crippen LogP contribution in [-0.2, 0) is 4.79 Å². The van der Waals surface area contributed by atoms with Gasteiger partial charge < -0.3 is 5.11 Å². The monoisotopic (exact) mass is 324 g/mol. The van der Waals surface area contributed by atoms with E-state index in [0.717, 1.165) is 24.2 Å². The highest BCUT2D eigenvalue weighted by Gasteiger charge is 2.35. The van der Waals surface area contributed by atoms with Gasteiger partial charge in [-0.25, -0.2) is 0 Å². The fraction of sp³-hybridized carbons (Fsp3) is 0.952. The molecular weight excluding hydrogens is 284 g/mol. The Morgan fingerprint density at radius 2 is 1.43 bits per heavy atom. The molecule has 136 valence electrons. The van der Waals surface area contributed by atoms with Crippen molar-refractivity contribution in [1.29, 1.82) is 0 Å². The van der Waals surface area contributed by atoms with Gasteiger partial charge >= 0.3 is 5.97 Å². The van der Waals surface area contributed by atoms with E-state index in [-0.39, 0.29) is 0 Å². The number of carbonyl (C=O) groups is 1. The molecule has 1 N–H and O–H groups in total. The third-order valence-electron chi connectivity index (χ3n) is 5.77. The molecule has 0 aromatic heterocycles. The Balaban J connectivity index is 1.73. The van der Waals surface area contributed by atoms with Crippen LogP contribution >= 0.6 is 0 Å².